The van der Waals surface area contributed by atoms with E-state index < -0.39 is 17.2 Å². The molecule has 0 unspecified atom stereocenters. The minimum absolute atomic E-state index is 0.0529. The van der Waals surface area contributed by atoms with Crippen molar-refractivity contribution in [1.29, 1.82) is 5.26 Å². The molecule has 2 aromatic carbocycles. The monoisotopic (exact) mass is 474 g/mol. The Morgan fingerprint density at radius 3 is 2.53 bits per heavy atom. The number of fused-ring (bicyclic) bond motifs is 2. The smallest absolute Gasteiger partial charge is 0.271 e. The van der Waals surface area contributed by atoms with E-state index in [1.165, 1.54) is 31.2 Å². The number of aromatic hydroxyl groups is 1. The van der Waals surface area contributed by atoms with Gasteiger partial charge in [0.2, 0.25) is 5.88 Å². The first kappa shape index (κ1) is 23.1. The number of hydrogen-bond acceptors (Lipinski definition) is 7. The first-order valence-corrected chi connectivity index (χ1v) is 11.0. The number of halogens is 1. The summed E-state index contributed by atoms with van der Waals surface area (Å²) in [4.78, 5) is 38.8. The Kier molecular flexibility index (Phi) is 6.14. The summed E-state index contributed by atoms with van der Waals surface area (Å²) in [7, 11) is 0. The van der Waals surface area contributed by atoms with Gasteiger partial charge in [-0.2, -0.15) is 5.26 Å². The van der Waals surface area contributed by atoms with Gasteiger partial charge in [0.05, 0.1) is 11.3 Å². The lowest BCUT2D eigenvalue weighted by atomic mass is 9.83. The van der Waals surface area contributed by atoms with Crippen molar-refractivity contribution in [1.82, 2.24) is 4.57 Å². The van der Waals surface area contributed by atoms with E-state index in [-0.39, 0.29) is 57.1 Å². The average molecular weight is 475 g/mol. The maximum atomic E-state index is 13.2. The molecule has 8 nitrogen and oxygen atoms in total. The van der Waals surface area contributed by atoms with Crippen LogP contribution in [0, 0.1) is 18.3 Å². The SMILES string of the molecule is CCCCn1c(O)c(/N=N/c2cccc3c2C(=O)c2cc(Cl)ccc2C3=O)c(C)c(C#N)c1=O. The Balaban J connectivity index is 1.86. The number of hydrogen-bond donors (Lipinski definition) is 1. The third-order valence-corrected chi connectivity index (χ3v) is 5.98. The number of unbranched alkanes of at least 4 members (excludes halogenated alkanes) is 1. The lowest BCUT2D eigenvalue weighted by Gasteiger charge is -2.18. The zero-order valence-electron chi connectivity index (χ0n) is 18.4. The standard InChI is InChI=1S/C25H19ClN4O4/c1-3-4-10-30-24(33)18(12-27)13(2)21(25(30)34)29-28-19-7-5-6-16-20(19)23(32)17-11-14(26)8-9-15(17)22(16)31/h5-9,11,34H,3-4,10H2,1-2H3/b29-28+. The Bertz CT molecular complexity index is 1500. The normalized spacial score (nSPS) is 12.5. The van der Waals surface area contributed by atoms with Gasteiger partial charge in [0.25, 0.3) is 5.56 Å². The lowest BCUT2D eigenvalue weighted by molar-refractivity contribution is 0.0979. The molecule has 34 heavy (non-hydrogen) atoms. The fourth-order valence-electron chi connectivity index (χ4n) is 3.92. The molecule has 3 aromatic rings. The first-order chi connectivity index (χ1) is 16.3. The van der Waals surface area contributed by atoms with Crippen molar-refractivity contribution < 1.29 is 14.7 Å². The van der Waals surface area contributed by atoms with Crippen LogP contribution in [0.3, 0.4) is 0 Å². The third kappa shape index (κ3) is 3.70. The molecular weight excluding hydrogens is 456 g/mol. The van der Waals surface area contributed by atoms with Gasteiger partial charge >= 0.3 is 0 Å². The van der Waals surface area contributed by atoms with Crippen molar-refractivity contribution in [2.24, 2.45) is 10.2 Å². The topological polar surface area (TPSA) is 125 Å². The summed E-state index contributed by atoms with van der Waals surface area (Å²) >= 11 is 6.04. The lowest BCUT2D eigenvalue weighted by Crippen LogP contribution is -2.24. The highest BCUT2D eigenvalue weighted by atomic mass is 35.5. The van der Waals surface area contributed by atoms with Crippen LogP contribution in [-0.4, -0.2) is 21.2 Å². The number of rotatable bonds is 5. The predicted octanol–water partition coefficient (Wildman–Crippen LogP) is 5.38. The van der Waals surface area contributed by atoms with Crippen LogP contribution in [0.1, 0.15) is 62.7 Å². The van der Waals surface area contributed by atoms with Gasteiger partial charge in [0.1, 0.15) is 11.6 Å². The van der Waals surface area contributed by atoms with E-state index in [1.54, 1.807) is 12.1 Å². The van der Waals surface area contributed by atoms with Gasteiger partial charge in [0, 0.05) is 33.8 Å². The van der Waals surface area contributed by atoms with E-state index >= 15 is 0 Å². The highest BCUT2D eigenvalue weighted by molar-refractivity contribution is 6.34. The highest BCUT2D eigenvalue weighted by Gasteiger charge is 2.32. The number of ketones is 2. The number of pyridine rings is 1. The second kappa shape index (κ2) is 9.04. The van der Waals surface area contributed by atoms with Crippen LogP contribution in [0.25, 0.3) is 0 Å². The molecule has 0 atom stereocenters. The number of azo groups is 1. The molecule has 0 saturated carbocycles. The van der Waals surface area contributed by atoms with Gasteiger partial charge in [-0.1, -0.05) is 37.1 Å². The molecule has 9 heteroatoms. The van der Waals surface area contributed by atoms with Crippen molar-refractivity contribution in [2.75, 3.05) is 0 Å². The number of nitrogens with zero attached hydrogens (tertiary/aromatic N) is 4. The Morgan fingerprint density at radius 2 is 1.82 bits per heavy atom. The largest absolute Gasteiger partial charge is 0.493 e. The molecule has 1 aromatic heterocycles. The molecular formula is C25H19ClN4O4. The van der Waals surface area contributed by atoms with Gasteiger partial charge < -0.3 is 5.11 Å². The van der Waals surface area contributed by atoms with Gasteiger partial charge in [-0.25, -0.2) is 0 Å². The van der Waals surface area contributed by atoms with E-state index in [1.807, 2.05) is 13.0 Å². The zero-order valence-corrected chi connectivity index (χ0v) is 19.2. The van der Waals surface area contributed by atoms with Crippen molar-refractivity contribution in [3.8, 4) is 11.9 Å². The molecule has 0 saturated heterocycles. The zero-order chi connectivity index (χ0) is 24.6. The first-order valence-electron chi connectivity index (χ1n) is 10.6. The van der Waals surface area contributed by atoms with Gasteiger partial charge in [0.15, 0.2) is 17.3 Å². The summed E-state index contributed by atoms with van der Waals surface area (Å²) in [6.45, 7) is 3.64. The van der Waals surface area contributed by atoms with Crippen LogP contribution in [0.2, 0.25) is 5.02 Å². The van der Waals surface area contributed by atoms with Gasteiger partial charge in [-0.15, -0.1) is 10.2 Å². The van der Waals surface area contributed by atoms with Gasteiger partial charge in [-0.3, -0.25) is 19.0 Å². The molecule has 1 N–H and O–H groups in total. The molecule has 1 aliphatic rings. The molecule has 0 spiro atoms. The van der Waals surface area contributed by atoms with Crippen LogP contribution in [0.5, 0.6) is 5.88 Å². The number of nitriles is 1. The Morgan fingerprint density at radius 1 is 1.06 bits per heavy atom. The quantitative estimate of drug-likeness (QED) is 0.389. The summed E-state index contributed by atoms with van der Waals surface area (Å²) in [5.74, 6) is -1.17. The Labute approximate surface area is 199 Å². The van der Waals surface area contributed by atoms with Crippen LogP contribution in [0.4, 0.5) is 11.4 Å². The molecule has 1 heterocycles. The molecule has 0 bridgehead atoms. The summed E-state index contributed by atoms with van der Waals surface area (Å²) in [6, 6.07) is 11.0. The van der Waals surface area contributed by atoms with E-state index in [2.05, 4.69) is 10.2 Å². The van der Waals surface area contributed by atoms with Crippen LogP contribution in [0.15, 0.2) is 51.4 Å². The molecule has 0 fully saturated rings. The third-order valence-electron chi connectivity index (χ3n) is 5.75. The summed E-state index contributed by atoms with van der Waals surface area (Å²) in [5.41, 5.74) is 0.173. The predicted molar refractivity (Wildman–Crippen MR) is 126 cm³/mol. The fraction of sp³-hybridized carbons (Fsp3) is 0.200. The fourth-order valence-corrected chi connectivity index (χ4v) is 4.09. The summed E-state index contributed by atoms with van der Waals surface area (Å²) < 4.78 is 1.09. The number of aromatic nitrogens is 1. The second-order valence-corrected chi connectivity index (χ2v) is 8.28. The van der Waals surface area contributed by atoms with E-state index in [0.29, 0.717) is 11.4 Å². The molecule has 0 radical (unpaired) electrons. The number of benzene rings is 2. The number of carbonyl (C=O) groups excluding carboxylic acids is 2. The van der Waals surface area contributed by atoms with Crippen molar-refractivity contribution in [2.45, 2.75) is 33.2 Å². The minimum Gasteiger partial charge on any atom is -0.493 e. The highest BCUT2D eigenvalue weighted by Crippen LogP contribution is 2.37. The van der Waals surface area contributed by atoms with E-state index in [9.17, 15) is 24.8 Å². The molecule has 170 valence electrons. The molecule has 4 rings (SSSR count). The summed E-state index contributed by atoms with van der Waals surface area (Å²) in [5, 5.41) is 28.8. The average Bonchev–Trinajstić information content (AvgIpc) is 2.82. The van der Waals surface area contributed by atoms with Crippen molar-refractivity contribution in [3.05, 3.63) is 85.2 Å². The van der Waals surface area contributed by atoms with E-state index in [4.69, 9.17) is 11.6 Å². The van der Waals surface area contributed by atoms with Crippen molar-refractivity contribution in [3.63, 3.8) is 0 Å². The van der Waals surface area contributed by atoms with Crippen LogP contribution in [-0.2, 0) is 6.54 Å². The molecule has 0 amide bonds. The second-order valence-electron chi connectivity index (χ2n) is 7.84. The minimum atomic E-state index is -0.601. The number of carbonyl (C=O) groups is 2. The van der Waals surface area contributed by atoms with E-state index in [0.717, 1.165) is 11.0 Å². The maximum Gasteiger partial charge on any atom is 0.271 e. The Hall–Kier alpha value is -4.09. The van der Waals surface area contributed by atoms with Crippen molar-refractivity contribution >= 4 is 34.5 Å². The maximum absolute atomic E-state index is 13.2. The van der Waals surface area contributed by atoms with Crippen LogP contribution >= 0.6 is 11.6 Å². The van der Waals surface area contributed by atoms with Crippen LogP contribution < -0.4 is 5.56 Å². The summed E-state index contributed by atoms with van der Waals surface area (Å²) in [6.07, 6.45) is 1.39. The molecule has 1 aliphatic carbocycles. The van der Waals surface area contributed by atoms with Gasteiger partial charge in [-0.05, 0) is 37.6 Å². The molecule has 0 aliphatic heterocycles.